The SMILES string of the molecule is CC(C)C(=O)OCC(=O)C12OC(O)(CC3(O)C(O)(O)C(O)(O)C(O)(O)C(O)(O)C3(O)O)OC1CCCC(C1(C)C=CC(=O)C=C1C(C)(O)O)C(O)CC2(C)C. The normalized spacial score (nSPS) is 37.2. The van der Waals surface area contributed by atoms with Crippen molar-refractivity contribution in [1.29, 1.82) is 0 Å². The Morgan fingerprint density at radius 3 is 1.87 bits per heavy atom. The molecule has 6 unspecified atom stereocenters. The summed E-state index contributed by atoms with van der Waals surface area (Å²) in [5.41, 5.74) is -10.8. The number of fused-ring (bicyclic) bond motifs is 1. The van der Waals surface area contributed by atoms with Crippen LogP contribution < -0.4 is 0 Å². The molecule has 314 valence electrons. The summed E-state index contributed by atoms with van der Waals surface area (Å²) in [5.74, 6) is -36.0. The van der Waals surface area contributed by atoms with E-state index in [4.69, 9.17) is 14.2 Å². The summed E-state index contributed by atoms with van der Waals surface area (Å²) in [6.45, 7) is 6.98. The molecule has 1 saturated heterocycles. The molecular formula is C34H52O21. The van der Waals surface area contributed by atoms with Crippen LogP contribution in [0, 0.1) is 22.7 Å². The first-order valence-corrected chi connectivity index (χ1v) is 17.3. The molecule has 21 nitrogen and oxygen atoms in total. The molecule has 0 aromatic heterocycles. The number of aliphatic hydroxyl groups is 15. The van der Waals surface area contributed by atoms with Crippen molar-refractivity contribution in [2.75, 3.05) is 6.61 Å². The van der Waals surface area contributed by atoms with E-state index in [1.165, 1.54) is 39.8 Å². The van der Waals surface area contributed by atoms with Gasteiger partial charge in [-0.2, -0.15) is 0 Å². The third-order valence-corrected chi connectivity index (χ3v) is 11.8. The first-order valence-electron chi connectivity index (χ1n) is 17.3. The molecule has 3 fully saturated rings. The number of Topliss-reactive ketones (excluding diaryl/α,β-unsaturated/α-hetero) is 1. The van der Waals surface area contributed by atoms with Gasteiger partial charge in [-0.25, -0.2) is 0 Å². The van der Waals surface area contributed by atoms with Gasteiger partial charge in [-0.1, -0.05) is 47.1 Å². The number of hydrogen-bond acceptors (Lipinski definition) is 21. The number of allylic oxidation sites excluding steroid dienone is 3. The van der Waals surface area contributed by atoms with Gasteiger partial charge in [0.25, 0.3) is 34.9 Å². The third-order valence-electron chi connectivity index (χ3n) is 11.8. The molecule has 0 bridgehead atoms. The highest BCUT2D eigenvalue weighted by Gasteiger charge is 2.92. The maximum Gasteiger partial charge on any atom is 0.308 e. The van der Waals surface area contributed by atoms with Gasteiger partial charge in [0.05, 0.1) is 18.4 Å². The van der Waals surface area contributed by atoms with Crippen LogP contribution in [0.2, 0.25) is 0 Å². The maximum atomic E-state index is 14.4. The minimum Gasteiger partial charge on any atom is -0.457 e. The van der Waals surface area contributed by atoms with Crippen LogP contribution in [0.15, 0.2) is 23.8 Å². The number of aliphatic hydroxyl groups excluding tert-OH is 1. The molecule has 0 aromatic rings. The second-order valence-electron chi connectivity index (χ2n) is 16.5. The Labute approximate surface area is 313 Å². The second kappa shape index (κ2) is 13.3. The summed E-state index contributed by atoms with van der Waals surface area (Å²) < 4.78 is 16.7. The summed E-state index contributed by atoms with van der Waals surface area (Å²) >= 11 is 0. The number of carbonyl (C=O) groups excluding carboxylic acids is 3. The quantitative estimate of drug-likeness (QED) is 0.0804. The van der Waals surface area contributed by atoms with Gasteiger partial charge < -0.3 is 90.8 Å². The van der Waals surface area contributed by atoms with Crippen molar-refractivity contribution in [1.82, 2.24) is 0 Å². The molecule has 6 atom stereocenters. The lowest BCUT2D eigenvalue weighted by Gasteiger charge is -2.63. The predicted molar refractivity (Wildman–Crippen MR) is 175 cm³/mol. The lowest BCUT2D eigenvalue weighted by molar-refractivity contribution is -0.616. The zero-order chi connectivity index (χ0) is 42.6. The molecule has 0 spiro atoms. The van der Waals surface area contributed by atoms with Crippen molar-refractivity contribution in [2.45, 2.75) is 138 Å². The molecule has 15 N–H and O–H groups in total. The topological polar surface area (TPSA) is 382 Å². The number of esters is 1. The first-order chi connectivity index (χ1) is 24.5. The Hall–Kier alpha value is -2.39. The standard InChI is InChI=1S/C34H52O21/c1-16(2)23(38)53-14-21(37)29-22(9-7-8-18(19(36)13-24(29,3)4)25(5)11-10-17(35)12-20(25)26(6,39)40)54-28(42,55-29)15-27(41)30(43,44)32(47,48)34(51,52)33(49,50)31(27,45)46/h10-12,16,18-19,22,36,39-52H,7-9,13-15H2,1-6H3. The lowest BCUT2D eigenvalue weighted by Crippen LogP contribution is -2.96. The van der Waals surface area contributed by atoms with Crippen molar-refractivity contribution in [3.63, 3.8) is 0 Å². The van der Waals surface area contributed by atoms with E-state index in [2.05, 4.69) is 0 Å². The third kappa shape index (κ3) is 6.33. The number of carbonyl (C=O) groups is 3. The molecule has 21 heteroatoms. The van der Waals surface area contributed by atoms with Gasteiger partial charge in [0.15, 0.2) is 29.4 Å². The van der Waals surface area contributed by atoms with E-state index in [1.807, 2.05) is 0 Å². The second-order valence-corrected chi connectivity index (χ2v) is 16.5. The van der Waals surface area contributed by atoms with Gasteiger partial charge in [0.1, 0.15) is 6.10 Å². The molecule has 1 heterocycles. The Balaban J connectivity index is 1.87. The first kappa shape index (κ1) is 45.3. The van der Waals surface area contributed by atoms with E-state index in [0.717, 1.165) is 13.0 Å². The van der Waals surface area contributed by atoms with E-state index >= 15 is 0 Å². The van der Waals surface area contributed by atoms with Crippen LogP contribution in [0.1, 0.15) is 73.6 Å². The summed E-state index contributed by atoms with van der Waals surface area (Å²) in [5, 5.41) is 161. The van der Waals surface area contributed by atoms with E-state index < -0.39 is 124 Å². The van der Waals surface area contributed by atoms with Crippen LogP contribution in [0.3, 0.4) is 0 Å². The van der Waals surface area contributed by atoms with E-state index in [9.17, 15) is 91.0 Å². The fraction of sp³-hybridized carbons (Fsp3) is 0.794. The van der Waals surface area contributed by atoms with Gasteiger partial charge in [-0.15, -0.1) is 0 Å². The van der Waals surface area contributed by atoms with Gasteiger partial charge in [0.2, 0.25) is 5.78 Å². The van der Waals surface area contributed by atoms with Gasteiger partial charge in [0, 0.05) is 16.4 Å². The summed E-state index contributed by atoms with van der Waals surface area (Å²) in [7, 11) is 0. The minimum atomic E-state index is -5.10. The van der Waals surface area contributed by atoms with Crippen molar-refractivity contribution in [3.05, 3.63) is 23.8 Å². The van der Waals surface area contributed by atoms with Gasteiger partial charge >= 0.3 is 5.97 Å². The Bertz CT molecular complexity index is 1590. The smallest absolute Gasteiger partial charge is 0.308 e. The summed E-state index contributed by atoms with van der Waals surface area (Å²) in [6.07, 6.45) is -3.02. The average molecular weight is 797 g/mol. The van der Waals surface area contributed by atoms with Gasteiger partial charge in [-0.05, 0) is 44.3 Å². The van der Waals surface area contributed by atoms with Crippen molar-refractivity contribution >= 4 is 17.5 Å². The van der Waals surface area contributed by atoms with Crippen LogP contribution in [-0.4, -0.2) is 165 Å². The molecule has 0 amide bonds. The molecule has 0 radical (unpaired) electrons. The average Bonchev–Trinajstić information content (AvgIpc) is 3.34. The zero-order valence-corrected chi connectivity index (χ0v) is 30.9. The molecule has 1 aliphatic heterocycles. The molecule has 2 saturated carbocycles. The Morgan fingerprint density at radius 1 is 0.873 bits per heavy atom. The van der Waals surface area contributed by atoms with Crippen LogP contribution in [0.25, 0.3) is 0 Å². The number of ketones is 2. The highest BCUT2D eigenvalue weighted by atomic mass is 16.9. The molecule has 3 aliphatic carbocycles. The van der Waals surface area contributed by atoms with Crippen molar-refractivity contribution in [2.24, 2.45) is 22.7 Å². The van der Waals surface area contributed by atoms with Gasteiger partial charge in [-0.3, -0.25) is 14.4 Å². The molecule has 4 aliphatic rings. The Morgan fingerprint density at radius 2 is 1.38 bits per heavy atom. The lowest BCUT2D eigenvalue weighted by atomic mass is 9.60. The molecule has 4 rings (SSSR count). The van der Waals surface area contributed by atoms with Crippen molar-refractivity contribution < 1.29 is 105 Å². The summed E-state index contributed by atoms with van der Waals surface area (Å²) in [4.78, 5) is 39.2. The van der Waals surface area contributed by atoms with Crippen LogP contribution in [0.4, 0.5) is 0 Å². The maximum absolute atomic E-state index is 14.4. The predicted octanol–water partition coefficient (Wildman–Crippen LogP) is -5.56. The molecule has 55 heavy (non-hydrogen) atoms. The van der Waals surface area contributed by atoms with E-state index in [-0.39, 0.29) is 24.8 Å². The highest BCUT2D eigenvalue weighted by molar-refractivity contribution is 6.01. The monoisotopic (exact) mass is 796 g/mol. The molecule has 0 aromatic carbocycles. The fourth-order valence-electron chi connectivity index (χ4n) is 8.60. The number of hydrogen-bond donors (Lipinski definition) is 15. The largest absolute Gasteiger partial charge is 0.457 e. The highest BCUT2D eigenvalue weighted by Crippen LogP contribution is 2.60. The van der Waals surface area contributed by atoms with E-state index in [1.54, 1.807) is 6.92 Å². The fourth-order valence-corrected chi connectivity index (χ4v) is 8.60. The Kier molecular flexibility index (Phi) is 11.0. The number of ether oxygens (including phenoxy) is 3. The van der Waals surface area contributed by atoms with Crippen LogP contribution in [-0.2, 0) is 28.6 Å². The van der Waals surface area contributed by atoms with Crippen molar-refractivity contribution in [3.8, 4) is 0 Å². The van der Waals surface area contributed by atoms with E-state index in [0.29, 0.717) is 0 Å². The number of rotatable bonds is 8. The van der Waals surface area contributed by atoms with Crippen LogP contribution >= 0.6 is 0 Å². The van der Waals surface area contributed by atoms with Crippen LogP contribution in [0.5, 0.6) is 0 Å². The molecular weight excluding hydrogens is 744 g/mol. The zero-order valence-electron chi connectivity index (χ0n) is 30.9. The summed E-state index contributed by atoms with van der Waals surface area (Å²) in [6, 6.07) is 0. The minimum absolute atomic E-state index is 0.0362.